The fourth-order valence-corrected chi connectivity index (χ4v) is 2.73. The molecule has 3 atom stereocenters. The zero-order valence-electron chi connectivity index (χ0n) is 17.7. The van der Waals surface area contributed by atoms with Crippen molar-refractivity contribution < 1.29 is 28.6 Å². The number of nitrogens with zero attached hydrogens (tertiary/aromatic N) is 1. The SMILES string of the molecule is COc1ccnc(C(=O)N[C@@H](C)C(=O)O[C@@H](C)[C@@H](C)c2ccccc2)c1OC(C)=O. The molecule has 8 nitrogen and oxygen atoms in total. The topological polar surface area (TPSA) is 104 Å². The number of aromatic nitrogens is 1. The molecule has 1 aromatic heterocycles. The van der Waals surface area contributed by atoms with Crippen molar-refractivity contribution >= 4 is 17.8 Å². The summed E-state index contributed by atoms with van der Waals surface area (Å²) < 4.78 is 15.7. The van der Waals surface area contributed by atoms with Gasteiger partial charge in [-0.15, -0.1) is 0 Å². The second-order valence-electron chi connectivity index (χ2n) is 6.82. The first-order valence-electron chi connectivity index (χ1n) is 9.52. The van der Waals surface area contributed by atoms with Gasteiger partial charge in [0.1, 0.15) is 12.1 Å². The predicted octanol–water partition coefficient (Wildman–Crippen LogP) is 2.87. The monoisotopic (exact) mass is 414 g/mol. The molecule has 0 aliphatic heterocycles. The highest BCUT2D eigenvalue weighted by Gasteiger charge is 2.26. The van der Waals surface area contributed by atoms with Crippen molar-refractivity contribution in [2.75, 3.05) is 7.11 Å². The Morgan fingerprint density at radius 3 is 2.30 bits per heavy atom. The summed E-state index contributed by atoms with van der Waals surface area (Å²) in [7, 11) is 1.37. The molecule has 0 fully saturated rings. The summed E-state index contributed by atoms with van der Waals surface area (Å²) in [6.07, 6.45) is 0.943. The molecule has 160 valence electrons. The maximum Gasteiger partial charge on any atom is 0.328 e. The molecule has 0 spiro atoms. The first-order chi connectivity index (χ1) is 14.2. The van der Waals surface area contributed by atoms with Crippen molar-refractivity contribution in [2.45, 2.75) is 45.8 Å². The Bertz CT molecular complexity index is 900. The van der Waals surface area contributed by atoms with Crippen molar-refractivity contribution in [1.29, 1.82) is 0 Å². The zero-order valence-corrected chi connectivity index (χ0v) is 17.7. The van der Waals surface area contributed by atoms with Crippen molar-refractivity contribution in [1.82, 2.24) is 10.3 Å². The van der Waals surface area contributed by atoms with Gasteiger partial charge in [0.2, 0.25) is 5.75 Å². The summed E-state index contributed by atoms with van der Waals surface area (Å²) in [6.45, 7) is 6.46. The Kier molecular flexibility index (Phi) is 7.91. The van der Waals surface area contributed by atoms with Crippen LogP contribution in [0.3, 0.4) is 0 Å². The number of hydrogen-bond donors (Lipinski definition) is 1. The van der Waals surface area contributed by atoms with Gasteiger partial charge in [-0.05, 0) is 19.4 Å². The molecule has 0 aliphatic carbocycles. The molecule has 2 rings (SSSR count). The van der Waals surface area contributed by atoms with Crippen molar-refractivity contribution in [3.05, 3.63) is 53.9 Å². The maximum atomic E-state index is 12.6. The van der Waals surface area contributed by atoms with Gasteiger partial charge < -0.3 is 19.5 Å². The number of pyridine rings is 1. The Labute approximate surface area is 175 Å². The van der Waals surface area contributed by atoms with Crippen LogP contribution in [0.1, 0.15) is 49.7 Å². The number of amides is 1. The minimum Gasteiger partial charge on any atom is -0.493 e. The molecule has 2 aromatic rings. The quantitative estimate of drug-likeness (QED) is 0.662. The van der Waals surface area contributed by atoms with Gasteiger partial charge in [0, 0.05) is 25.1 Å². The number of carbonyl (C=O) groups is 3. The Morgan fingerprint density at radius 1 is 1.03 bits per heavy atom. The van der Waals surface area contributed by atoms with Gasteiger partial charge in [-0.3, -0.25) is 9.59 Å². The van der Waals surface area contributed by atoms with E-state index >= 15 is 0 Å². The molecule has 1 amide bonds. The van der Waals surface area contributed by atoms with Crippen molar-refractivity contribution in [3.8, 4) is 11.5 Å². The van der Waals surface area contributed by atoms with Crippen molar-refractivity contribution in [2.24, 2.45) is 0 Å². The third-order valence-electron chi connectivity index (χ3n) is 4.58. The third kappa shape index (κ3) is 5.79. The lowest BCUT2D eigenvalue weighted by molar-refractivity contribution is -0.151. The van der Waals surface area contributed by atoms with Crippen LogP contribution in [0.2, 0.25) is 0 Å². The number of ether oxygens (including phenoxy) is 3. The largest absolute Gasteiger partial charge is 0.493 e. The Morgan fingerprint density at radius 2 is 1.70 bits per heavy atom. The van der Waals surface area contributed by atoms with Gasteiger partial charge in [0.05, 0.1) is 7.11 Å². The highest BCUT2D eigenvalue weighted by molar-refractivity contribution is 5.98. The van der Waals surface area contributed by atoms with Gasteiger partial charge >= 0.3 is 11.9 Å². The van der Waals surface area contributed by atoms with Crippen LogP contribution in [0.4, 0.5) is 0 Å². The molecule has 0 saturated carbocycles. The number of methoxy groups -OCH3 is 1. The molecule has 0 radical (unpaired) electrons. The minimum absolute atomic E-state index is 0.0197. The van der Waals surface area contributed by atoms with Gasteiger partial charge in [0.15, 0.2) is 11.4 Å². The number of hydrogen-bond acceptors (Lipinski definition) is 7. The normalized spacial score (nSPS) is 13.5. The van der Waals surface area contributed by atoms with Gasteiger partial charge in [0.25, 0.3) is 5.91 Å². The van der Waals surface area contributed by atoms with Crippen LogP contribution in [-0.4, -0.2) is 42.1 Å². The molecule has 0 unspecified atom stereocenters. The molecule has 0 aliphatic rings. The van der Waals surface area contributed by atoms with E-state index in [4.69, 9.17) is 14.2 Å². The summed E-state index contributed by atoms with van der Waals surface area (Å²) >= 11 is 0. The second-order valence-corrected chi connectivity index (χ2v) is 6.82. The fourth-order valence-electron chi connectivity index (χ4n) is 2.73. The standard InChI is InChI=1S/C22H26N2O6/c1-13(17-9-7-6-8-10-17)15(3)29-22(27)14(2)24-21(26)19-20(30-16(4)25)18(28-5)11-12-23-19/h6-15H,1-5H3,(H,24,26)/t13-,14+,15+/m1/s1. The Hall–Kier alpha value is -3.42. The number of esters is 2. The van der Waals surface area contributed by atoms with Crippen LogP contribution in [0.25, 0.3) is 0 Å². The molecule has 30 heavy (non-hydrogen) atoms. The maximum absolute atomic E-state index is 12.6. The van der Waals surface area contributed by atoms with E-state index in [0.29, 0.717) is 0 Å². The summed E-state index contributed by atoms with van der Waals surface area (Å²) in [5.41, 5.74) is 0.871. The van der Waals surface area contributed by atoms with E-state index in [1.807, 2.05) is 37.3 Å². The molecule has 1 aromatic carbocycles. The number of carbonyl (C=O) groups excluding carboxylic acids is 3. The highest BCUT2D eigenvalue weighted by atomic mass is 16.6. The summed E-state index contributed by atoms with van der Waals surface area (Å²) in [4.78, 5) is 40.5. The first-order valence-corrected chi connectivity index (χ1v) is 9.52. The van der Waals surface area contributed by atoms with Gasteiger partial charge in [-0.1, -0.05) is 37.3 Å². The van der Waals surface area contributed by atoms with Gasteiger partial charge in [-0.2, -0.15) is 0 Å². The van der Waals surface area contributed by atoms with Crippen molar-refractivity contribution in [3.63, 3.8) is 0 Å². The zero-order chi connectivity index (χ0) is 22.3. The number of nitrogens with one attached hydrogen (secondary N) is 1. The third-order valence-corrected chi connectivity index (χ3v) is 4.58. The van der Waals surface area contributed by atoms with Crippen LogP contribution in [-0.2, 0) is 14.3 Å². The van der Waals surface area contributed by atoms with Gasteiger partial charge in [-0.25, -0.2) is 9.78 Å². The average molecular weight is 414 g/mol. The highest BCUT2D eigenvalue weighted by Crippen LogP contribution is 2.29. The molecule has 1 heterocycles. The predicted molar refractivity (Wildman–Crippen MR) is 109 cm³/mol. The van der Waals surface area contributed by atoms with E-state index in [1.165, 1.54) is 33.2 Å². The number of rotatable bonds is 8. The van der Waals surface area contributed by atoms with E-state index in [2.05, 4.69) is 10.3 Å². The molecular formula is C22H26N2O6. The van der Waals surface area contributed by atoms with E-state index < -0.39 is 30.0 Å². The van der Waals surface area contributed by atoms with Crippen LogP contribution >= 0.6 is 0 Å². The first kappa shape index (κ1) is 22.9. The summed E-state index contributed by atoms with van der Waals surface area (Å²) in [5, 5.41) is 2.52. The van der Waals surface area contributed by atoms with Crippen LogP contribution in [0.5, 0.6) is 11.5 Å². The molecule has 0 saturated heterocycles. The van der Waals surface area contributed by atoms with E-state index in [9.17, 15) is 14.4 Å². The smallest absolute Gasteiger partial charge is 0.328 e. The molecule has 1 N–H and O–H groups in total. The minimum atomic E-state index is -0.943. The summed E-state index contributed by atoms with van der Waals surface area (Å²) in [6, 6.07) is 10.2. The Balaban J connectivity index is 2.06. The lowest BCUT2D eigenvalue weighted by Gasteiger charge is -2.23. The second kappa shape index (κ2) is 10.4. The lowest BCUT2D eigenvalue weighted by atomic mass is 9.96. The number of benzene rings is 1. The average Bonchev–Trinajstić information content (AvgIpc) is 2.73. The van der Waals surface area contributed by atoms with Crippen LogP contribution < -0.4 is 14.8 Å². The summed E-state index contributed by atoms with van der Waals surface area (Å²) in [5.74, 6) is -1.88. The van der Waals surface area contributed by atoms with Crippen LogP contribution in [0, 0.1) is 0 Å². The van der Waals surface area contributed by atoms with E-state index in [-0.39, 0.29) is 23.1 Å². The molecule has 0 bridgehead atoms. The molecular weight excluding hydrogens is 388 g/mol. The van der Waals surface area contributed by atoms with Crippen LogP contribution in [0.15, 0.2) is 42.6 Å². The molecule has 8 heteroatoms. The lowest BCUT2D eigenvalue weighted by Crippen LogP contribution is -2.41. The fraction of sp³-hybridized carbons (Fsp3) is 0.364. The van der Waals surface area contributed by atoms with E-state index in [1.54, 1.807) is 6.92 Å². The van der Waals surface area contributed by atoms with E-state index in [0.717, 1.165) is 5.56 Å².